The number of carbonyl (C=O) groups excluding carboxylic acids is 1. The van der Waals surface area contributed by atoms with Gasteiger partial charge in [-0.2, -0.15) is 0 Å². The molecule has 2 atom stereocenters. The van der Waals surface area contributed by atoms with Crippen LogP contribution in [0.2, 0.25) is 0 Å². The molecule has 1 aromatic carbocycles. The van der Waals surface area contributed by atoms with Gasteiger partial charge < -0.3 is 10.6 Å². The van der Waals surface area contributed by atoms with Crippen LogP contribution in [0, 0.1) is 6.92 Å². The van der Waals surface area contributed by atoms with E-state index in [0.29, 0.717) is 12.5 Å². The number of hydrogen-bond donors (Lipinski definition) is 2. The van der Waals surface area contributed by atoms with Crippen LogP contribution in [0.5, 0.6) is 0 Å². The van der Waals surface area contributed by atoms with Crippen LogP contribution in [-0.4, -0.2) is 18.5 Å². The number of rotatable bonds is 5. The second-order valence-electron chi connectivity index (χ2n) is 5.44. The van der Waals surface area contributed by atoms with Crippen LogP contribution in [0.1, 0.15) is 49.8 Å². The Hall–Kier alpha value is -1.06. The standard InChI is InChI=1S/C16H24N2O.ClH/c1-3-15(13-8-6-12(2)7-9-13)18-16(19)11-14-5-4-10-17-14;/h6-9,14-15,17H,3-5,10-11H2,1-2H3,(H,18,19);1H. The fourth-order valence-electron chi connectivity index (χ4n) is 2.63. The van der Waals surface area contributed by atoms with Gasteiger partial charge in [0.1, 0.15) is 0 Å². The molecule has 0 radical (unpaired) electrons. The highest BCUT2D eigenvalue weighted by Gasteiger charge is 2.19. The first-order chi connectivity index (χ1) is 9.19. The third-order valence-electron chi connectivity index (χ3n) is 3.82. The van der Waals surface area contributed by atoms with Crippen LogP contribution in [0.3, 0.4) is 0 Å². The van der Waals surface area contributed by atoms with Gasteiger partial charge in [-0.1, -0.05) is 36.8 Å². The van der Waals surface area contributed by atoms with Gasteiger partial charge in [0.05, 0.1) is 6.04 Å². The van der Waals surface area contributed by atoms with E-state index in [2.05, 4.69) is 48.7 Å². The molecule has 1 aromatic rings. The molecule has 2 rings (SSSR count). The van der Waals surface area contributed by atoms with Crippen LogP contribution in [0.15, 0.2) is 24.3 Å². The quantitative estimate of drug-likeness (QED) is 0.876. The maximum atomic E-state index is 12.1. The van der Waals surface area contributed by atoms with E-state index < -0.39 is 0 Å². The Kier molecular flexibility index (Phi) is 7.03. The molecular weight excluding hydrogens is 272 g/mol. The summed E-state index contributed by atoms with van der Waals surface area (Å²) >= 11 is 0. The highest BCUT2D eigenvalue weighted by atomic mass is 35.5. The number of halogens is 1. The first-order valence-corrected chi connectivity index (χ1v) is 7.28. The summed E-state index contributed by atoms with van der Waals surface area (Å²) in [5.74, 6) is 0.159. The van der Waals surface area contributed by atoms with Crippen LogP contribution >= 0.6 is 12.4 Å². The summed E-state index contributed by atoms with van der Waals surface area (Å²) < 4.78 is 0. The van der Waals surface area contributed by atoms with Crippen LogP contribution in [0.4, 0.5) is 0 Å². The van der Waals surface area contributed by atoms with Gasteiger partial charge in [0, 0.05) is 12.5 Å². The summed E-state index contributed by atoms with van der Waals surface area (Å²) in [5, 5.41) is 6.52. The number of carbonyl (C=O) groups is 1. The Bertz CT molecular complexity index is 413. The highest BCUT2D eigenvalue weighted by Crippen LogP contribution is 2.18. The lowest BCUT2D eigenvalue weighted by Gasteiger charge is -2.19. The fraction of sp³-hybridized carbons (Fsp3) is 0.562. The van der Waals surface area contributed by atoms with Gasteiger partial charge in [0.2, 0.25) is 5.91 Å². The Morgan fingerprint density at radius 3 is 2.65 bits per heavy atom. The van der Waals surface area contributed by atoms with Gasteiger partial charge >= 0.3 is 0 Å². The Labute approximate surface area is 127 Å². The van der Waals surface area contributed by atoms with Gasteiger partial charge in [0.25, 0.3) is 0 Å². The van der Waals surface area contributed by atoms with Crippen LogP contribution in [-0.2, 0) is 4.79 Å². The Morgan fingerprint density at radius 1 is 1.40 bits per heavy atom. The van der Waals surface area contributed by atoms with Crippen molar-refractivity contribution in [2.24, 2.45) is 0 Å². The molecule has 0 spiro atoms. The zero-order valence-electron chi connectivity index (χ0n) is 12.3. The summed E-state index contributed by atoms with van der Waals surface area (Å²) in [4.78, 5) is 12.1. The van der Waals surface area contributed by atoms with Gasteiger partial charge in [0.15, 0.2) is 0 Å². The number of nitrogens with one attached hydrogen (secondary N) is 2. The molecule has 3 nitrogen and oxygen atoms in total. The number of aryl methyl sites for hydroxylation is 1. The summed E-state index contributed by atoms with van der Waals surface area (Å²) in [6.07, 6.45) is 3.83. The molecule has 0 aliphatic carbocycles. The lowest BCUT2D eigenvalue weighted by molar-refractivity contribution is -0.122. The van der Waals surface area contributed by atoms with Crippen LogP contribution < -0.4 is 10.6 Å². The van der Waals surface area contributed by atoms with E-state index in [0.717, 1.165) is 19.4 Å². The summed E-state index contributed by atoms with van der Waals surface area (Å²) in [6.45, 7) is 5.24. The molecule has 1 amide bonds. The molecule has 0 saturated carbocycles. The second kappa shape index (κ2) is 8.28. The first-order valence-electron chi connectivity index (χ1n) is 7.28. The molecule has 2 unspecified atom stereocenters. The summed E-state index contributed by atoms with van der Waals surface area (Å²) in [6, 6.07) is 8.92. The van der Waals surface area contributed by atoms with Crippen LogP contribution in [0.25, 0.3) is 0 Å². The molecule has 20 heavy (non-hydrogen) atoms. The molecule has 1 fully saturated rings. The maximum Gasteiger partial charge on any atom is 0.222 e. The molecule has 1 aliphatic rings. The lowest BCUT2D eigenvalue weighted by Crippen LogP contribution is -2.34. The molecular formula is C16H25ClN2O. The first kappa shape index (κ1) is 17.0. The lowest BCUT2D eigenvalue weighted by atomic mass is 10.0. The van der Waals surface area contributed by atoms with Gasteiger partial charge in [-0.15, -0.1) is 12.4 Å². The largest absolute Gasteiger partial charge is 0.349 e. The van der Waals surface area contributed by atoms with Gasteiger partial charge in [-0.05, 0) is 38.3 Å². The normalized spacial score (nSPS) is 19.2. The predicted octanol–water partition coefficient (Wildman–Crippen LogP) is 3.13. The number of benzene rings is 1. The predicted molar refractivity (Wildman–Crippen MR) is 85.2 cm³/mol. The highest BCUT2D eigenvalue weighted by molar-refractivity contribution is 5.85. The van der Waals surface area contributed by atoms with Crippen molar-refractivity contribution < 1.29 is 4.79 Å². The molecule has 0 aromatic heterocycles. The molecule has 1 saturated heterocycles. The minimum absolute atomic E-state index is 0. The SMILES string of the molecule is CCC(NC(=O)CC1CCCN1)c1ccc(C)cc1.Cl. The van der Waals surface area contributed by atoms with E-state index in [-0.39, 0.29) is 24.4 Å². The molecule has 4 heteroatoms. The molecule has 0 bridgehead atoms. The zero-order valence-corrected chi connectivity index (χ0v) is 13.1. The van der Waals surface area contributed by atoms with Crippen molar-refractivity contribution in [2.45, 2.75) is 51.6 Å². The van der Waals surface area contributed by atoms with Gasteiger partial charge in [-0.3, -0.25) is 4.79 Å². The minimum Gasteiger partial charge on any atom is -0.349 e. The van der Waals surface area contributed by atoms with E-state index in [1.807, 2.05) is 0 Å². The van der Waals surface area contributed by atoms with E-state index in [9.17, 15) is 4.79 Å². The minimum atomic E-state index is 0. The second-order valence-corrected chi connectivity index (χ2v) is 5.44. The maximum absolute atomic E-state index is 12.1. The summed E-state index contributed by atoms with van der Waals surface area (Å²) in [7, 11) is 0. The molecule has 1 heterocycles. The van der Waals surface area contributed by atoms with E-state index in [4.69, 9.17) is 0 Å². The Balaban J connectivity index is 0.00000200. The average Bonchev–Trinajstić information content (AvgIpc) is 2.90. The van der Waals surface area contributed by atoms with Crippen molar-refractivity contribution in [1.82, 2.24) is 10.6 Å². The number of hydrogen-bond acceptors (Lipinski definition) is 2. The zero-order chi connectivity index (χ0) is 13.7. The van der Waals surface area contributed by atoms with Crippen molar-refractivity contribution in [2.75, 3.05) is 6.54 Å². The van der Waals surface area contributed by atoms with E-state index >= 15 is 0 Å². The monoisotopic (exact) mass is 296 g/mol. The Morgan fingerprint density at radius 2 is 2.10 bits per heavy atom. The van der Waals surface area contributed by atoms with E-state index in [1.54, 1.807) is 0 Å². The van der Waals surface area contributed by atoms with Crippen molar-refractivity contribution >= 4 is 18.3 Å². The van der Waals surface area contributed by atoms with Crippen molar-refractivity contribution in [1.29, 1.82) is 0 Å². The topological polar surface area (TPSA) is 41.1 Å². The van der Waals surface area contributed by atoms with Crippen molar-refractivity contribution in [3.63, 3.8) is 0 Å². The smallest absolute Gasteiger partial charge is 0.222 e. The molecule has 1 aliphatic heterocycles. The third kappa shape index (κ3) is 4.80. The van der Waals surface area contributed by atoms with Gasteiger partial charge in [-0.25, -0.2) is 0 Å². The average molecular weight is 297 g/mol. The van der Waals surface area contributed by atoms with E-state index in [1.165, 1.54) is 17.5 Å². The van der Waals surface area contributed by atoms with Crippen molar-refractivity contribution in [3.8, 4) is 0 Å². The number of amides is 1. The fourth-order valence-corrected chi connectivity index (χ4v) is 2.63. The molecule has 2 N–H and O–H groups in total. The van der Waals surface area contributed by atoms with Crippen molar-refractivity contribution in [3.05, 3.63) is 35.4 Å². The summed E-state index contributed by atoms with van der Waals surface area (Å²) in [5.41, 5.74) is 2.45. The molecule has 112 valence electrons. The third-order valence-corrected chi connectivity index (χ3v) is 3.82.